The number of rotatable bonds is 6. The van der Waals surface area contributed by atoms with Gasteiger partial charge in [0.05, 0.1) is 0 Å². The predicted molar refractivity (Wildman–Crippen MR) is 70.6 cm³/mol. The van der Waals surface area contributed by atoms with E-state index in [9.17, 15) is 0 Å². The second-order valence-electron chi connectivity index (χ2n) is 5.14. The van der Waals surface area contributed by atoms with Gasteiger partial charge in [0.2, 0.25) is 0 Å². The van der Waals surface area contributed by atoms with Gasteiger partial charge in [-0.2, -0.15) is 0 Å². The lowest BCUT2D eigenvalue weighted by Crippen LogP contribution is -2.51. The summed E-state index contributed by atoms with van der Waals surface area (Å²) in [6.07, 6.45) is 3.62. The molecule has 0 aromatic rings. The second-order valence-corrected chi connectivity index (χ2v) is 5.14. The molecule has 0 saturated carbocycles. The summed E-state index contributed by atoms with van der Waals surface area (Å²) in [5, 5.41) is 0. The van der Waals surface area contributed by atoms with Crippen LogP contribution in [-0.2, 0) is 0 Å². The van der Waals surface area contributed by atoms with Crippen molar-refractivity contribution in [2.24, 2.45) is 5.73 Å². The van der Waals surface area contributed by atoms with Crippen LogP contribution >= 0.6 is 0 Å². The molecular formula is C13H29N3. The highest BCUT2D eigenvalue weighted by Gasteiger charge is 2.20. The fourth-order valence-electron chi connectivity index (χ4n) is 2.44. The highest BCUT2D eigenvalue weighted by molar-refractivity contribution is 4.78. The van der Waals surface area contributed by atoms with Crippen LogP contribution < -0.4 is 5.73 Å². The Bertz CT molecular complexity index is 176. The van der Waals surface area contributed by atoms with Gasteiger partial charge in [0.15, 0.2) is 0 Å². The van der Waals surface area contributed by atoms with E-state index in [2.05, 4.69) is 30.6 Å². The van der Waals surface area contributed by atoms with E-state index in [1.807, 2.05) is 0 Å². The summed E-state index contributed by atoms with van der Waals surface area (Å²) in [5.41, 5.74) is 6.08. The Balaban J connectivity index is 2.21. The molecule has 0 aromatic heterocycles. The fourth-order valence-corrected chi connectivity index (χ4v) is 2.44. The van der Waals surface area contributed by atoms with Gasteiger partial charge in [-0.05, 0) is 19.8 Å². The highest BCUT2D eigenvalue weighted by atomic mass is 15.3. The highest BCUT2D eigenvalue weighted by Crippen LogP contribution is 2.09. The number of piperazine rings is 1. The van der Waals surface area contributed by atoms with E-state index in [4.69, 9.17) is 5.73 Å². The van der Waals surface area contributed by atoms with Crippen LogP contribution in [0.15, 0.2) is 0 Å². The van der Waals surface area contributed by atoms with Gasteiger partial charge in [-0.1, -0.05) is 20.3 Å². The van der Waals surface area contributed by atoms with Gasteiger partial charge >= 0.3 is 0 Å². The van der Waals surface area contributed by atoms with Gasteiger partial charge in [-0.25, -0.2) is 0 Å². The van der Waals surface area contributed by atoms with Gasteiger partial charge in [0.25, 0.3) is 0 Å². The van der Waals surface area contributed by atoms with Crippen molar-refractivity contribution in [1.82, 2.24) is 9.80 Å². The standard InChI is InChI=1S/C13H29N3/c1-4-6-13(14)11-15-7-9-16(10-8-15)12(3)5-2/h12-13H,4-11,14H2,1-3H3. The van der Waals surface area contributed by atoms with Crippen molar-refractivity contribution in [2.75, 3.05) is 32.7 Å². The minimum absolute atomic E-state index is 0.375. The van der Waals surface area contributed by atoms with Crippen molar-refractivity contribution in [3.05, 3.63) is 0 Å². The van der Waals surface area contributed by atoms with E-state index < -0.39 is 0 Å². The largest absolute Gasteiger partial charge is 0.327 e. The lowest BCUT2D eigenvalue weighted by atomic mass is 10.1. The van der Waals surface area contributed by atoms with Gasteiger partial charge < -0.3 is 5.73 Å². The molecule has 1 saturated heterocycles. The monoisotopic (exact) mass is 227 g/mol. The van der Waals surface area contributed by atoms with Crippen molar-refractivity contribution >= 4 is 0 Å². The Morgan fingerprint density at radius 1 is 1.12 bits per heavy atom. The Labute approximate surface area is 101 Å². The summed E-state index contributed by atoms with van der Waals surface area (Å²) in [4.78, 5) is 5.13. The summed E-state index contributed by atoms with van der Waals surface area (Å²) in [5.74, 6) is 0. The van der Waals surface area contributed by atoms with Gasteiger partial charge in [-0.3, -0.25) is 9.80 Å². The Kier molecular flexibility index (Phi) is 6.32. The second kappa shape index (κ2) is 7.25. The minimum atomic E-state index is 0.375. The summed E-state index contributed by atoms with van der Waals surface area (Å²) in [6, 6.07) is 1.12. The zero-order valence-electron chi connectivity index (χ0n) is 11.3. The average Bonchev–Trinajstić information content (AvgIpc) is 2.29. The topological polar surface area (TPSA) is 32.5 Å². The Hall–Kier alpha value is -0.120. The lowest BCUT2D eigenvalue weighted by molar-refractivity contribution is 0.0961. The molecule has 1 heterocycles. The van der Waals surface area contributed by atoms with Crippen LogP contribution in [0.4, 0.5) is 0 Å². The van der Waals surface area contributed by atoms with E-state index >= 15 is 0 Å². The van der Waals surface area contributed by atoms with Crippen LogP contribution in [0.5, 0.6) is 0 Å². The lowest BCUT2D eigenvalue weighted by Gasteiger charge is -2.38. The molecule has 1 rings (SSSR count). The van der Waals surface area contributed by atoms with Crippen molar-refractivity contribution in [2.45, 2.75) is 52.1 Å². The van der Waals surface area contributed by atoms with Crippen LogP contribution in [0.3, 0.4) is 0 Å². The number of nitrogens with two attached hydrogens (primary N) is 1. The third-order valence-electron chi connectivity index (χ3n) is 3.77. The minimum Gasteiger partial charge on any atom is -0.327 e. The van der Waals surface area contributed by atoms with E-state index in [0.29, 0.717) is 6.04 Å². The maximum atomic E-state index is 6.08. The predicted octanol–water partition coefficient (Wildman–Crippen LogP) is 1.53. The van der Waals surface area contributed by atoms with Crippen LogP contribution in [0.25, 0.3) is 0 Å². The SMILES string of the molecule is CCCC(N)CN1CCN(C(C)CC)CC1. The molecule has 1 aliphatic heterocycles. The summed E-state index contributed by atoms with van der Waals surface area (Å²) >= 11 is 0. The first-order valence-corrected chi connectivity index (χ1v) is 6.89. The molecular weight excluding hydrogens is 198 g/mol. The molecule has 2 atom stereocenters. The van der Waals surface area contributed by atoms with E-state index in [1.54, 1.807) is 0 Å². The van der Waals surface area contributed by atoms with Crippen LogP contribution in [0.2, 0.25) is 0 Å². The van der Waals surface area contributed by atoms with Crippen molar-refractivity contribution in [3.8, 4) is 0 Å². The molecule has 3 nitrogen and oxygen atoms in total. The van der Waals surface area contributed by atoms with Gasteiger partial charge in [0.1, 0.15) is 0 Å². The smallest absolute Gasteiger partial charge is 0.0167 e. The van der Waals surface area contributed by atoms with Crippen molar-refractivity contribution < 1.29 is 0 Å². The first-order valence-electron chi connectivity index (χ1n) is 6.89. The van der Waals surface area contributed by atoms with Crippen molar-refractivity contribution in [3.63, 3.8) is 0 Å². The number of hydrogen-bond donors (Lipinski definition) is 1. The van der Waals surface area contributed by atoms with E-state index in [0.717, 1.165) is 19.0 Å². The molecule has 16 heavy (non-hydrogen) atoms. The third-order valence-corrected chi connectivity index (χ3v) is 3.77. The first kappa shape index (κ1) is 13.9. The quantitative estimate of drug-likeness (QED) is 0.747. The summed E-state index contributed by atoms with van der Waals surface area (Å²) in [6.45, 7) is 12.7. The van der Waals surface area contributed by atoms with Crippen molar-refractivity contribution in [1.29, 1.82) is 0 Å². The molecule has 0 spiro atoms. The molecule has 0 aliphatic carbocycles. The molecule has 0 aromatic carbocycles. The van der Waals surface area contributed by atoms with Crippen LogP contribution in [0.1, 0.15) is 40.0 Å². The van der Waals surface area contributed by atoms with E-state index in [-0.39, 0.29) is 0 Å². The molecule has 3 heteroatoms. The molecule has 1 fully saturated rings. The first-order chi connectivity index (χ1) is 7.67. The number of nitrogens with zero attached hydrogens (tertiary/aromatic N) is 2. The van der Waals surface area contributed by atoms with Crippen LogP contribution in [0, 0.1) is 0 Å². The molecule has 2 unspecified atom stereocenters. The fraction of sp³-hybridized carbons (Fsp3) is 1.00. The van der Waals surface area contributed by atoms with Gasteiger partial charge in [-0.15, -0.1) is 0 Å². The van der Waals surface area contributed by atoms with Crippen LogP contribution in [-0.4, -0.2) is 54.6 Å². The summed E-state index contributed by atoms with van der Waals surface area (Å²) < 4.78 is 0. The van der Waals surface area contributed by atoms with Gasteiger partial charge in [0, 0.05) is 44.8 Å². The zero-order chi connectivity index (χ0) is 12.0. The number of hydrogen-bond acceptors (Lipinski definition) is 3. The normalized spacial score (nSPS) is 23.2. The molecule has 0 bridgehead atoms. The summed E-state index contributed by atoms with van der Waals surface area (Å²) in [7, 11) is 0. The molecule has 1 aliphatic rings. The molecule has 0 radical (unpaired) electrons. The molecule has 0 amide bonds. The maximum Gasteiger partial charge on any atom is 0.0167 e. The third kappa shape index (κ3) is 4.40. The van der Waals surface area contributed by atoms with E-state index in [1.165, 1.54) is 39.0 Å². The Morgan fingerprint density at radius 3 is 2.25 bits per heavy atom. The Morgan fingerprint density at radius 2 is 1.75 bits per heavy atom. The molecule has 96 valence electrons. The maximum absolute atomic E-state index is 6.08. The molecule has 2 N–H and O–H groups in total. The zero-order valence-corrected chi connectivity index (χ0v) is 11.3. The average molecular weight is 227 g/mol.